The van der Waals surface area contributed by atoms with Gasteiger partial charge in [-0.25, -0.2) is 0 Å². The van der Waals surface area contributed by atoms with Crippen LogP contribution in [0.3, 0.4) is 0 Å². The van der Waals surface area contributed by atoms with Gasteiger partial charge in [0.1, 0.15) is 6.54 Å². The summed E-state index contributed by atoms with van der Waals surface area (Å²) in [6, 6.07) is 4.23. The van der Waals surface area contributed by atoms with E-state index in [0.717, 1.165) is 4.57 Å². The second-order valence-electron chi connectivity index (χ2n) is 4.43. The third-order valence-electron chi connectivity index (χ3n) is 3.02. The van der Waals surface area contributed by atoms with E-state index in [1.807, 2.05) is 0 Å². The zero-order valence-corrected chi connectivity index (χ0v) is 11.0. The van der Waals surface area contributed by atoms with E-state index in [4.69, 9.17) is 5.73 Å². The number of amides is 1. The average Bonchev–Trinajstić information content (AvgIpc) is 2.40. The summed E-state index contributed by atoms with van der Waals surface area (Å²) in [6.07, 6.45) is -4.67. The van der Waals surface area contributed by atoms with E-state index in [-0.39, 0.29) is 23.1 Å². The number of nitrogens with one attached hydrogen (secondary N) is 1. The van der Waals surface area contributed by atoms with Gasteiger partial charge in [0.15, 0.2) is 0 Å². The molecule has 0 spiro atoms. The first-order valence-electron chi connectivity index (χ1n) is 5.95. The fourth-order valence-electron chi connectivity index (χ4n) is 2.02. The summed E-state index contributed by atoms with van der Waals surface area (Å²) >= 11 is 0. The molecule has 0 fully saturated rings. The van der Waals surface area contributed by atoms with Gasteiger partial charge in [0.05, 0.1) is 11.1 Å². The van der Waals surface area contributed by atoms with Gasteiger partial charge >= 0.3 is 6.18 Å². The van der Waals surface area contributed by atoms with Crippen molar-refractivity contribution >= 4 is 22.5 Å². The minimum atomic E-state index is -4.67. The van der Waals surface area contributed by atoms with Crippen LogP contribution in [0.15, 0.2) is 29.1 Å². The van der Waals surface area contributed by atoms with Crippen LogP contribution in [0.2, 0.25) is 0 Å². The average molecular weight is 299 g/mol. The zero-order chi connectivity index (χ0) is 15.8. The van der Waals surface area contributed by atoms with Crippen LogP contribution in [-0.4, -0.2) is 17.5 Å². The van der Waals surface area contributed by atoms with Crippen LogP contribution < -0.4 is 16.6 Å². The van der Waals surface area contributed by atoms with E-state index < -0.39 is 23.2 Å². The van der Waals surface area contributed by atoms with Gasteiger partial charge < -0.3 is 11.1 Å². The molecular formula is C13H12F3N3O2. The Hall–Kier alpha value is -2.51. The van der Waals surface area contributed by atoms with E-state index in [2.05, 4.69) is 5.32 Å². The molecule has 2 rings (SSSR count). The number of alkyl halides is 3. The van der Waals surface area contributed by atoms with Crippen molar-refractivity contribution in [2.75, 3.05) is 12.8 Å². The van der Waals surface area contributed by atoms with E-state index in [9.17, 15) is 22.8 Å². The van der Waals surface area contributed by atoms with Gasteiger partial charge in [0, 0.05) is 24.2 Å². The first-order valence-corrected chi connectivity index (χ1v) is 5.95. The Kier molecular flexibility index (Phi) is 3.63. The van der Waals surface area contributed by atoms with Gasteiger partial charge in [0.2, 0.25) is 5.91 Å². The molecule has 0 unspecified atom stereocenters. The molecule has 1 amide bonds. The number of carbonyl (C=O) groups excluding carboxylic acids is 1. The number of carbonyl (C=O) groups is 1. The van der Waals surface area contributed by atoms with Crippen LogP contribution in [0.5, 0.6) is 0 Å². The Balaban J connectivity index is 2.82. The molecule has 0 radical (unpaired) electrons. The van der Waals surface area contributed by atoms with Crippen LogP contribution in [0, 0.1) is 0 Å². The highest BCUT2D eigenvalue weighted by Crippen LogP contribution is 2.34. The van der Waals surface area contributed by atoms with Gasteiger partial charge in [-0.05, 0) is 12.1 Å². The Labute approximate surface area is 117 Å². The lowest BCUT2D eigenvalue weighted by molar-refractivity contribution is -0.136. The number of nitrogens with two attached hydrogens (primary N) is 1. The molecule has 21 heavy (non-hydrogen) atoms. The summed E-state index contributed by atoms with van der Waals surface area (Å²) in [5, 5.41) is 2.13. The Bertz CT molecular complexity index is 766. The molecule has 112 valence electrons. The quantitative estimate of drug-likeness (QED) is 0.822. The SMILES string of the molecule is CNC(=O)Cn1c(=O)cc(C(F)(F)F)c2ccc(N)cc21. The summed E-state index contributed by atoms with van der Waals surface area (Å²) in [4.78, 5) is 23.3. The number of anilines is 1. The molecular weight excluding hydrogens is 287 g/mol. The zero-order valence-electron chi connectivity index (χ0n) is 11.0. The molecule has 5 nitrogen and oxygen atoms in total. The topological polar surface area (TPSA) is 77.1 Å². The molecule has 0 saturated heterocycles. The van der Waals surface area contributed by atoms with Crippen LogP contribution >= 0.6 is 0 Å². The highest BCUT2D eigenvalue weighted by molar-refractivity contribution is 5.87. The van der Waals surface area contributed by atoms with Crippen molar-refractivity contribution in [2.45, 2.75) is 12.7 Å². The molecule has 1 aromatic carbocycles. The minimum Gasteiger partial charge on any atom is -0.399 e. The molecule has 0 aliphatic carbocycles. The third kappa shape index (κ3) is 2.83. The molecule has 1 heterocycles. The first-order chi connectivity index (χ1) is 9.74. The normalized spacial score (nSPS) is 11.6. The largest absolute Gasteiger partial charge is 0.417 e. The standard InChI is InChI=1S/C13H12F3N3O2/c1-18-11(20)6-19-10-4-7(17)2-3-8(10)9(5-12(19)21)13(14,15)16/h2-5H,6,17H2,1H3,(H,18,20). The van der Waals surface area contributed by atoms with Crippen LogP contribution in [-0.2, 0) is 17.5 Å². The minimum absolute atomic E-state index is 0.0292. The monoisotopic (exact) mass is 299 g/mol. The number of benzene rings is 1. The number of likely N-dealkylation sites (N-methyl/N-ethyl adjacent to an activating group) is 1. The summed E-state index contributed by atoms with van der Waals surface area (Å²) in [5.41, 5.74) is 3.78. The summed E-state index contributed by atoms with van der Waals surface area (Å²) in [5.74, 6) is -0.499. The first kappa shape index (κ1) is 14.9. The Morgan fingerprint density at radius 2 is 2.00 bits per heavy atom. The van der Waals surface area contributed by atoms with Gasteiger partial charge in [0.25, 0.3) is 5.56 Å². The number of nitrogens with zero attached hydrogens (tertiary/aromatic N) is 1. The lowest BCUT2D eigenvalue weighted by Crippen LogP contribution is -2.31. The highest BCUT2D eigenvalue weighted by Gasteiger charge is 2.34. The van der Waals surface area contributed by atoms with Crippen molar-refractivity contribution < 1.29 is 18.0 Å². The maximum Gasteiger partial charge on any atom is 0.417 e. The molecule has 0 saturated carbocycles. The number of fused-ring (bicyclic) bond motifs is 1. The number of halogens is 3. The molecule has 0 atom stereocenters. The predicted octanol–water partition coefficient (Wildman–Crippen LogP) is 1.35. The molecule has 3 N–H and O–H groups in total. The summed E-state index contributed by atoms with van der Waals surface area (Å²) < 4.78 is 40.0. The predicted molar refractivity (Wildman–Crippen MR) is 71.7 cm³/mol. The lowest BCUT2D eigenvalue weighted by atomic mass is 10.1. The summed E-state index contributed by atoms with van der Waals surface area (Å²) in [6.45, 7) is -0.382. The Morgan fingerprint density at radius 1 is 1.33 bits per heavy atom. The maximum atomic E-state index is 13.0. The third-order valence-corrected chi connectivity index (χ3v) is 3.02. The lowest BCUT2D eigenvalue weighted by Gasteiger charge is -2.15. The van der Waals surface area contributed by atoms with Gasteiger partial charge in [-0.1, -0.05) is 6.07 Å². The van der Waals surface area contributed by atoms with Crippen LogP contribution in [0.4, 0.5) is 18.9 Å². The molecule has 0 aliphatic rings. The van der Waals surface area contributed by atoms with Crippen molar-refractivity contribution in [1.29, 1.82) is 0 Å². The van der Waals surface area contributed by atoms with Crippen molar-refractivity contribution in [2.24, 2.45) is 0 Å². The molecule has 1 aromatic heterocycles. The molecule has 0 bridgehead atoms. The number of rotatable bonds is 2. The fourth-order valence-corrected chi connectivity index (χ4v) is 2.02. The molecule has 2 aromatic rings. The van der Waals surface area contributed by atoms with Crippen molar-refractivity contribution in [3.63, 3.8) is 0 Å². The number of hydrogen-bond acceptors (Lipinski definition) is 3. The highest BCUT2D eigenvalue weighted by atomic mass is 19.4. The second kappa shape index (κ2) is 5.12. The second-order valence-corrected chi connectivity index (χ2v) is 4.43. The number of hydrogen-bond donors (Lipinski definition) is 2. The molecule has 8 heteroatoms. The Morgan fingerprint density at radius 3 is 2.57 bits per heavy atom. The number of pyridine rings is 1. The number of aromatic nitrogens is 1. The van der Waals surface area contributed by atoms with E-state index in [1.54, 1.807) is 0 Å². The fraction of sp³-hybridized carbons (Fsp3) is 0.231. The van der Waals surface area contributed by atoms with E-state index >= 15 is 0 Å². The molecule has 0 aliphatic heterocycles. The van der Waals surface area contributed by atoms with Gasteiger partial charge in [-0.15, -0.1) is 0 Å². The van der Waals surface area contributed by atoms with Crippen molar-refractivity contribution in [3.05, 3.63) is 40.2 Å². The van der Waals surface area contributed by atoms with E-state index in [0.29, 0.717) is 6.07 Å². The summed E-state index contributed by atoms with van der Waals surface area (Å²) in [7, 11) is 1.37. The van der Waals surface area contributed by atoms with Gasteiger partial charge in [-0.3, -0.25) is 14.2 Å². The van der Waals surface area contributed by atoms with Crippen molar-refractivity contribution in [1.82, 2.24) is 9.88 Å². The van der Waals surface area contributed by atoms with Crippen LogP contribution in [0.1, 0.15) is 5.56 Å². The van der Waals surface area contributed by atoms with Gasteiger partial charge in [-0.2, -0.15) is 13.2 Å². The number of nitrogen functional groups attached to an aromatic ring is 1. The smallest absolute Gasteiger partial charge is 0.399 e. The van der Waals surface area contributed by atoms with E-state index in [1.165, 1.54) is 25.2 Å². The van der Waals surface area contributed by atoms with Crippen LogP contribution in [0.25, 0.3) is 10.9 Å². The van der Waals surface area contributed by atoms with Crippen molar-refractivity contribution in [3.8, 4) is 0 Å². The maximum absolute atomic E-state index is 13.0.